The number of allylic oxidation sites excluding steroid dienone is 3. The summed E-state index contributed by atoms with van der Waals surface area (Å²) in [6.07, 6.45) is 8.75. The number of ketones is 1. The number of carbonyl (C=O) groups is 1. The third-order valence-corrected chi connectivity index (χ3v) is 8.38. The lowest BCUT2D eigenvalue weighted by Gasteiger charge is -2.29. The van der Waals surface area contributed by atoms with Crippen LogP contribution < -0.4 is 0 Å². The minimum Gasteiger partial charge on any atom is -0.300 e. The Labute approximate surface area is 170 Å². The molecule has 1 heterocycles. The maximum absolute atomic E-state index is 13.8. The van der Waals surface area contributed by atoms with Crippen molar-refractivity contribution in [3.05, 3.63) is 53.4 Å². The number of para-hydroxylation sites is 2. The van der Waals surface area contributed by atoms with Crippen molar-refractivity contribution in [2.75, 3.05) is 0 Å². The van der Waals surface area contributed by atoms with E-state index < -0.39 is 14.8 Å². The quantitative estimate of drug-likeness (QED) is 0.739. The number of fused-ring (bicyclic) bond motifs is 1. The van der Waals surface area contributed by atoms with Crippen molar-refractivity contribution in [1.29, 1.82) is 0 Å². The number of nitrogens with zero attached hydrogens (tertiary/aromatic N) is 2. The van der Waals surface area contributed by atoms with Gasteiger partial charge in [0.25, 0.3) is 0 Å². The Morgan fingerprint density at radius 2 is 1.96 bits per heavy atom. The summed E-state index contributed by atoms with van der Waals surface area (Å²) in [6.45, 7) is 1.70. The summed E-state index contributed by atoms with van der Waals surface area (Å²) >= 11 is 6.15. The SMILES string of the molecule is CC1(S(=O)(=O)n2c(CC3CCC(=O)CC3)nc3ccccc32)C=C(Cl)C=CC1. The van der Waals surface area contributed by atoms with Gasteiger partial charge in [-0.15, -0.1) is 0 Å². The number of hydrogen-bond donors (Lipinski definition) is 0. The zero-order valence-electron chi connectivity index (χ0n) is 15.8. The molecule has 28 heavy (non-hydrogen) atoms. The van der Waals surface area contributed by atoms with Crippen LogP contribution in [0.3, 0.4) is 0 Å². The van der Waals surface area contributed by atoms with E-state index in [1.807, 2.05) is 18.2 Å². The Bertz CT molecular complexity index is 1090. The second-order valence-corrected chi connectivity index (χ2v) is 10.6. The topological polar surface area (TPSA) is 69.0 Å². The molecule has 5 nitrogen and oxygen atoms in total. The maximum Gasteiger partial charge on any atom is 0.250 e. The molecule has 1 unspecified atom stereocenters. The van der Waals surface area contributed by atoms with E-state index >= 15 is 0 Å². The fraction of sp³-hybridized carbons (Fsp3) is 0.429. The van der Waals surface area contributed by atoms with E-state index in [9.17, 15) is 13.2 Å². The monoisotopic (exact) mass is 418 g/mol. The van der Waals surface area contributed by atoms with Crippen LogP contribution in [0.25, 0.3) is 11.0 Å². The van der Waals surface area contributed by atoms with Crippen LogP contribution >= 0.6 is 11.6 Å². The molecule has 0 saturated heterocycles. The van der Waals surface area contributed by atoms with Gasteiger partial charge in [-0.1, -0.05) is 29.8 Å². The third kappa shape index (κ3) is 3.33. The molecular formula is C21H23ClN2O3S. The first-order valence-corrected chi connectivity index (χ1v) is 11.4. The van der Waals surface area contributed by atoms with Crippen molar-refractivity contribution in [3.63, 3.8) is 0 Å². The Kier molecular flexibility index (Phi) is 4.96. The van der Waals surface area contributed by atoms with Crippen molar-refractivity contribution < 1.29 is 13.2 Å². The van der Waals surface area contributed by atoms with Crippen LogP contribution in [-0.4, -0.2) is 27.9 Å². The average molecular weight is 419 g/mol. The molecule has 0 radical (unpaired) electrons. The van der Waals surface area contributed by atoms with E-state index in [1.165, 1.54) is 3.97 Å². The second-order valence-electron chi connectivity index (χ2n) is 7.92. The molecule has 2 aromatic rings. The fourth-order valence-electron chi connectivity index (χ4n) is 4.11. The van der Waals surface area contributed by atoms with Crippen LogP contribution in [0.15, 0.2) is 47.5 Å². The highest BCUT2D eigenvalue weighted by Crippen LogP contribution is 2.35. The van der Waals surface area contributed by atoms with Crippen LogP contribution in [0.5, 0.6) is 0 Å². The summed E-state index contributed by atoms with van der Waals surface area (Å²) in [6, 6.07) is 7.31. The third-order valence-electron chi connectivity index (χ3n) is 5.79. The molecule has 4 rings (SSSR count). The second kappa shape index (κ2) is 7.16. The molecular weight excluding hydrogens is 396 g/mol. The van der Waals surface area contributed by atoms with Crippen molar-refractivity contribution in [1.82, 2.24) is 8.96 Å². The van der Waals surface area contributed by atoms with E-state index in [4.69, 9.17) is 11.6 Å². The van der Waals surface area contributed by atoms with Gasteiger partial charge in [0, 0.05) is 24.3 Å². The molecule has 7 heteroatoms. The van der Waals surface area contributed by atoms with Gasteiger partial charge in [0.05, 0.1) is 11.0 Å². The minimum atomic E-state index is -3.79. The summed E-state index contributed by atoms with van der Waals surface area (Å²) in [4.78, 5) is 16.2. The van der Waals surface area contributed by atoms with Crippen LogP contribution in [-0.2, 0) is 21.2 Å². The van der Waals surface area contributed by atoms with Crippen LogP contribution in [0.4, 0.5) is 0 Å². The predicted molar refractivity (Wildman–Crippen MR) is 111 cm³/mol. The lowest BCUT2D eigenvalue weighted by atomic mass is 9.86. The highest BCUT2D eigenvalue weighted by Gasteiger charge is 2.41. The van der Waals surface area contributed by atoms with Crippen LogP contribution in [0.1, 0.15) is 44.9 Å². The largest absolute Gasteiger partial charge is 0.300 e. The Balaban J connectivity index is 1.81. The standard InChI is InChI=1S/C21H23ClN2O3S/c1-21(12-4-5-16(22)14-21)28(26,27)24-19-7-3-2-6-18(19)23-20(24)13-15-8-10-17(25)11-9-15/h2-7,14-15H,8-13H2,1H3. The van der Waals surface area contributed by atoms with Gasteiger partial charge < -0.3 is 0 Å². The molecule has 1 saturated carbocycles. The molecule has 1 aromatic heterocycles. The Hall–Kier alpha value is -1.92. The Morgan fingerprint density at radius 3 is 2.68 bits per heavy atom. The molecule has 0 N–H and O–H groups in total. The zero-order chi connectivity index (χ0) is 19.9. The number of carbonyl (C=O) groups excluding carboxylic acids is 1. The lowest BCUT2D eigenvalue weighted by molar-refractivity contribution is -0.121. The average Bonchev–Trinajstić information content (AvgIpc) is 3.02. The Morgan fingerprint density at radius 1 is 1.25 bits per heavy atom. The van der Waals surface area contributed by atoms with Crippen LogP contribution in [0, 0.1) is 5.92 Å². The van der Waals surface area contributed by atoms with E-state index in [0.29, 0.717) is 53.4 Å². The first-order valence-electron chi connectivity index (χ1n) is 9.58. The first-order chi connectivity index (χ1) is 13.3. The van der Waals surface area contributed by atoms with Gasteiger partial charge in [-0.3, -0.25) is 4.79 Å². The summed E-state index contributed by atoms with van der Waals surface area (Å²) in [5.74, 6) is 1.10. The first kappa shape index (κ1) is 19.4. The zero-order valence-corrected chi connectivity index (χ0v) is 17.3. The van der Waals surface area contributed by atoms with E-state index in [2.05, 4.69) is 4.98 Å². The molecule has 1 fully saturated rings. The van der Waals surface area contributed by atoms with Gasteiger partial charge in [-0.25, -0.2) is 17.4 Å². The van der Waals surface area contributed by atoms with E-state index in [-0.39, 0.29) is 5.92 Å². The van der Waals surface area contributed by atoms with Crippen LogP contribution in [0.2, 0.25) is 0 Å². The molecule has 2 aliphatic rings. The minimum absolute atomic E-state index is 0.265. The highest BCUT2D eigenvalue weighted by atomic mass is 35.5. The van der Waals surface area contributed by atoms with Crippen molar-refractivity contribution in [2.45, 2.75) is 50.2 Å². The summed E-state index contributed by atoms with van der Waals surface area (Å²) < 4.78 is 27.8. The van der Waals surface area contributed by atoms with Gasteiger partial charge >= 0.3 is 0 Å². The van der Waals surface area contributed by atoms with Crippen molar-refractivity contribution >= 4 is 38.4 Å². The van der Waals surface area contributed by atoms with Gasteiger partial charge in [0.1, 0.15) is 16.4 Å². The number of Topliss-reactive ketones (excluding diaryl/α,β-unsaturated/α-hetero) is 1. The van der Waals surface area contributed by atoms with Gasteiger partial charge in [-0.2, -0.15) is 0 Å². The number of halogens is 1. The molecule has 1 atom stereocenters. The van der Waals surface area contributed by atoms with E-state index in [0.717, 1.165) is 12.8 Å². The highest BCUT2D eigenvalue weighted by molar-refractivity contribution is 7.91. The number of hydrogen-bond acceptors (Lipinski definition) is 4. The molecule has 2 aliphatic carbocycles. The van der Waals surface area contributed by atoms with Gasteiger partial charge in [-0.05, 0) is 56.4 Å². The summed E-state index contributed by atoms with van der Waals surface area (Å²) in [5, 5.41) is 0.425. The van der Waals surface area contributed by atoms with Gasteiger partial charge in [0.2, 0.25) is 10.0 Å². The number of benzene rings is 1. The van der Waals surface area contributed by atoms with E-state index in [1.54, 1.807) is 31.2 Å². The summed E-state index contributed by atoms with van der Waals surface area (Å²) in [7, 11) is -3.79. The molecule has 1 aromatic carbocycles. The predicted octanol–water partition coefficient (Wildman–Crippen LogP) is 4.36. The lowest BCUT2D eigenvalue weighted by Crippen LogP contribution is -2.39. The molecule has 0 spiro atoms. The number of aromatic nitrogens is 2. The maximum atomic E-state index is 13.8. The summed E-state index contributed by atoms with van der Waals surface area (Å²) in [5.41, 5.74) is 1.25. The fourth-order valence-corrected chi connectivity index (χ4v) is 6.31. The van der Waals surface area contributed by atoms with Crippen molar-refractivity contribution in [2.24, 2.45) is 5.92 Å². The molecule has 0 amide bonds. The number of rotatable bonds is 4. The number of imidazole rings is 1. The molecule has 0 aliphatic heterocycles. The molecule has 148 valence electrons. The molecule has 0 bridgehead atoms. The normalized spacial score (nSPS) is 23.9. The van der Waals surface area contributed by atoms with Crippen molar-refractivity contribution in [3.8, 4) is 0 Å². The smallest absolute Gasteiger partial charge is 0.250 e. The van der Waals surface area contributed by atoms with Gasteiger partial charge in [0.15, 0.2) is 0 Å².